The Bertz CT molecular complexity index is 558. The average molecular weight is 295 g/mol. The van der Waals surface area contributed by atoms with Crippen LogP contribution in [0.25, 0.3) is 0 Å². The summed E-state index contributed by atoms with van der Waals surface area (Å²) < 4.78 is 5.67. The van der Waals surface area contributed by atoms with Gasteiger partial charge in [-0.25, -0.2) is 0 Å². The van der Waals surface area contributed by atoms with Gasteiger partial charge >= 0.3 is 6.01 Å². The number of nitrogens with zero attached hydrogens (tertiary/aromatic N) is 3. The zero-order valence-corrected chi connectivity index (χ0v) is 12.7. The Morgan fingerprint density at radius 3 is 2.90 bits per heavy atom. The maximum atomic E-state index is 5.98. The van der Waals surface area contributed by atoms with E-state index >= 15 is 0 Å². The van der Waals surface area contributed by atoms with Crippen molar-refractivity contribution in [3.05, 3.63) is 40.7 Å². The van der Waals surface area contributed by atoms with E-state index in [1.54, 1.807) is 0 Å². The molecule has 108 valence electrons. The van der Waals surface area contributed by atoms with Crippen LogP contribution in [-0.4, -0.2) is 23.8 Å². The van der Waals surface area contributed by atoms with E-state index in [2.05, 4.69) is 15.5 Å². The number of nitrogens with one attached hydrogen (secondary N) is 1. The third kappa shape index (κ3) is 3.71. The molecule has 0 fully saturated rings. The summed E-state index contributed by atoms with van der Waals surface area (Å²) in [7, 11) is 1.91. The third-order valence-electron chi connectivity index (χ3n) is 2.95. The first-order chi connectivity index (χ1) is 9.60. The van der Waals surface area contributed by atoms with Crippen molar-refractivity contribution < 1.29 is 4.42 Å². The molecule has 0 aliphatic heterocycles. The Hall–Kier alpha value is -1.59. The van der Waals surface area contributed by atoms with Gasteiger partial charge in [0.1, 0.15) is 0 Å². The third-order valence-corrected chi connectivity index (χ3v) is 3.18. The van der Waals surface area contributed by atoms with Gasteiger partial charge in [-0.15, -0.1) is 5.10 Å². The van der Waals surface area contributed by atoms with Crippen molar-refractivity contribution in [1.82, 2.24) is 15.5 Å². The van der Waals surface area contributed by atoms with E-state index < -0.39 is 0 Å². The molecule has 0 aliphatic rings. The van der Waals surface area contributed by atoms with E-state index in [0.717, 1.165) is 17.1 Å². The number of anilines is 1. The van der Waals surface area contributed by atoms with Crippen molar-refractivity contribution in [3.63, 3.8) is 0 Å². The van der Waals surface area contributed by atoms with E-state index in [-0.39, 0.29) is 6.04 Å². The van der Waals surface area contributed by atoms with E-state index in [1.165, 1.54) is 0 Å². The largest absolute Gasteiger partial charge is 0.406 e. The Balaban J connectivity index is 2.04. The van der Waals surface area contributed by atoms with Crippen molar-refractivity contribution in [2.45, 2.75) is 26.4 Å². The van der Waals surface area contributed by atoms with Crippen LogP contribution in [0.4, 0.5) is 6.01 Å². The predicted octanol–water partition coefficient (Wildman–Crippen LogP) is 3.03. The minimum Gasteiger partial charge on any atom is -0.406 e. The second-order valence-electron chi connectivity index (χ2n) is 4.69. The standard InChI is InChI=1S/C14H19ClN4O/c1-4-16-10(2)13-17-18-14(20-13)19(3)9-11-6-5-7-12(15)8-11/h5-8,10,16H,4,9H2,1-3H3. The van der Waals surface area contributed by atoms with Crippen molar-refractivity contribution >= 4 is 17.6 Å². The van der Waals surface area contributed by atoms with Crippen molar-refractivity contribution in [2.75, 3.05) is 18.5 Å². The summed E-state index contributed by atoms with van der Waals surface area (Å²) in [6.45, 7) is 5.56. The van der Waals surface area contributed by atoms with Crippen LogP contribution in [0.2, 0.25) is 5.02 Å². The molecular weight excluding hydrogens is 276 g/mol. The van der Waals surface area contributed by atoms with Crippen molar-refractivity contribution in [1.29, 1.82) is 0 Å². The second kappa shape index (κ2) is 6.72. The molecule has 0 amide bonds. The smallest absolute Gasteiger partial charge is 0.318 e. The zero-order valence-electron chi connectivity index (χ0n) is 11.9. The molecule has 5 nitrogen and oxygen atoms in total. The molecule has 1 heterocycles. The van der Waals surface area contributed by atoms with Gasteiger partial charge in [0.2, 0.25) is 5.89 Å². The van der Waals surface area contributed by atoms with Gasteiger partial charge < -0.3 is 14.6 Å². The molecule has 0 saturated heterocycles. The number of benzene rings is 1. The predicted molar refractivity (Wildman–Crippen MR) is 79.9 cm³/mol. The molecule has 1 aromatic carbocycles. The van der Waals surface area contributed by atoms with Crippen LogP contribution in [0.1, 0.15) is 31.3 Å². The summed E-state index contributed by atoms with van der Waals surface area (Å²) in [6.07, 6.45) is 0. The number of halogens is 1. The highest BCUT2D eigenvalue weighted by atomic mass is 35.5. The van der Waals surface area contributed by atoms with Gasteiger partial charge in [-0.05, 0) is 31.2 Å². The molecule has 0 bridgehead atoms. The van der Waals surface area contributed by atoms with Gasteiger partial charge in [-0.1, -0.05) is 35.8 Å². The summed E-state index contributed by atoms with van der Waals surface area (Å²) in [5.74, 6) is 0.597. The summed E-state index contributed by atoms with van der Waals surface area (Å²) in [6, 6.07) is 8.29. The molecule has 0 saturated carbocycles. The Labute approximate surface area is 123 Å². The highest BCUT2D eigenvalue weighted by molar-refractivity contribution is 6.30. The molecule has 2 aromatic rings. The Morgan fingerprint density at radius 1 is 1.40 bits per heavy atom. The van der Waals surface area contributed by atoms with Gasteiger partial charge in [0.15, 0.2) is 0 Å². The highest BCUT2D eigenvalue weighted by Crippen LogP contribution is 2.19. The van der Waals surface area contributed by atoms with Crippen LogP contribution in [0.5, 0.6) is 0 Å². The van der Waals surface area contributed by atoms with Gasteiger partial charge in [0.05, 0.1) is 6.04 Å². The molecule has 1 N–H and O–H groups in total. The molecule has 0 aliphatic carbocycles. The Kier molecular flexibility index (Phi) is 4.98. The fraction of sp³-hybridized carbons (Fsp3) is 0.429. The van der Waals surface area contributed by atoms with Crippen LogP contribution >= 0.6 is 11.6 Å². The van der Waals surface area contributed by atoms with Gasteiger partial charge in [-0.3, -0.25) is 0 Å². The van der Waals surface area contributed by atoms with Crippen molar-refractivity contribution in [2.24, 2.45) is 0 Å². The summed E-state index contributed by atoms with van der Waals surface area (Å²) in [5.41, 5.74) is 1.10. The van der Waals surface area contributed by atoms with Crippen LogP contribution < -0.4 is 10.2 Å². The topological polar surface area (TPSA) is 54.2 Å². The van der Waals surface area contributed by atoms with E-state index in [4.69, 9.17) is 16.0 Å². The lowest BCUT2D eigenvalue weighted by atomic mass is 10.2. The lowest BCUT2D eigenvalue weighted by Crippen LogP contribution is -2.18. The maximum absolute atomic E-state index is 5.98. The fourth-order valence-corrected chi connectivity index (χ4v) is 2.14. The number of rotatable bonds is 6. The lowest BCUT2D eigenvalue weighted by Gasteiger charge is -2.14. The summed E-state index contributed by atoms with van der Waals surface area (Å²) in [4.78, 5) is 1.90. The highest BCUT2D eigenvalue weighted by Gasteiger charge is 2.15. The minimum atomic E-state index is 0.0563. The first kappa shape index (κ1) is 14.8. The first-order valence-electron chi connectivity index (χ1n) is 6.62. The number of aromatic nitrogens is 2. The molecular formula is C14H19ClN4O. The fourth-order valence-electron chi connectivity index (χ4n) is 1.93. The molecule has 1 aromatic heterocycles. The lowest BCUT2D eigenvalue weighted by molar-refractivity contribution is 0.421. The zero-order chi connectivity index (χ0) is 14.5. The molecule has 0 radical (unpaired) electrons. The quantitative estimate of drug-likeness (QED) is 0.887. The van der Waals surface area contributed by atoms with Crippen LogP contribution in [0.15, 0.2) is 28.7 Å². The second-order valence-corrected chi connectivity index (χ2v) is 5.12. The van der Waals surface area contributed by atoms with Gasteiger partial charge in [0.25, 0.3) is 0 Å². The summed E-state index contributed by atoms with van der Waals surface area (Å²) >= 11 is 5.98. The van der Waals surface area contributed by atoms with Crippen molar-refractivity contribution in [3.8, 4) is 0 Å². The molecule has 6 heteroatoms. The number of hydrogen-bond donors (Lipinski definition) is 1. The first-order valence-corrected chi connectivity index (χ1v) is 7.00. The van der Waals surface area contributed by atoms with Gasteiger partial charge in [0, 0.05) is 18.6 Å². The van der Waals surface area contributed by atoms with Crippen LogP contribution in [-0.2, 0) is 6.54 Å². The SMILES string of the molecule is CCNC(C)c1nnc(N(C)Cc2cccc(Cl)c2)o1. The Morgan fingerprint density at radius 2 is 2.20 bits per heavy atom. The minimum absolute atomic E-state index is 0.0563. The van der Waals surface area contributed by atoms with E-state index in [0.29, 0.717) is 18.5 Å². The van der Waals surface area contributed by atoms with Gasteiger partial charge in [-0.2, -0.15) is 0 Å². The molecule has 2 rings (SSSR count). The van der Waals surface area contributed by atoms with E-state index in [1.807, 2.05) is 50.1 Å². The normalized spacial score (nSPS) is 12.4. The molecule has 1 unspecified atom stereocenters. The molecule has 1 atom stereocenters. The molecule has 0 spiro atoms. The van der Waals surface area contributed by atoms with Crippen LogP contribution in [0, 0.1) is 0 Å². The summed E-state index contributed by atoms with van der Waals surface area (Å²) in [5, 5.41) is 12.1. The molecule has 20 heavy (non-hydrogen) atoms. The maximum Gasteiger partial charge on any atom is 0.318 e. The number of hydrogen-bond acceptors (Lipinski definition) is 5. The van der Waals surface area contributed by atoms with Crippen LogP contribution in [0.3, 0.4) is 0 Å². The monoisotopic (exact) mass is 294 g/mol. The van der Waals surface area contributed by atoms with E-state index in [9.17, 15) is 0 Å². The average Bonchev–Trinajstić information content (AvgIpc) is 2.88.